The Morgan fingerprint density at radius 3 is 2.27 bits per heavy atom. The van der Waals surface area contributed by atoms with E-state index in [0.29, 0.717) is 0 Å². The van der Waals surface area contributed by atoms with Crippen LogP contribution in [0.4, 0.5) is 0 Å². The van der Waals surface area contributed by atoms with Crippen LogP contribution in [0.5, 0.6) is 0 Å². The van der Waals surface area contributed by atoms with Crippen molar-refractivity contribution in [2.24, 2.45) is 7.05 Å². The van der Waals surface area contributed by atoms with Crippen molar-refractivity contribution in [3.63, 3.8) is 0 Å². The van der Waals surface area contributed by atoms with Crippen LogP contribution in [0.1, 0.15) is 31.9 Å². The Morgan fingerprint density at radius 1 is 0.864 bits per heavy atom. The standard InChI is InChI=1S/C21H24N/c1-15-8-6-7-9-19(15)20-13-17-12-18(21(2,3)4)11-10-16(17)14-22(20)5/h6-14H,1-5H3/q+1. The van der Waals surface area contributed by atoms with E-state index in [0.717, 1.165) is 0 Å². The van der Waals surface area contributed by atoms with E-state index in [1.165, 1.54) is 33.2 Å². The average molecular weight is 290 g/mol. The van der Waals surface area contributed by atoms with Crippen LogP contribution in [-0.4, -0.2) is 0 Å². The summed E-state index contributed by atoms with van der Waals surface area (Å²) in [5.41, 5.74) is 5.42. The molecule has 22 heavy (non-hydrogen) atoms. The monoisotopic (exact) mass is 290 g/mol. The quantitative estimate of drug-likeness (QED) is 0.559. The van der Waals surface area contributed by atoms with Gasteiger partial charge in [0, 0.05) is 17.0 Å². The van der Waals surface area contributed by atoms with Gasteiger partial charge in [0.2, 0.25) is 5.69 Å². The van der Waals surface area contributed by atoms with E-state index in [4.69, 9.17) is 0 Å². The van der Waals surface area contributed by atoms with Gasteiger partial charge < -0.3 is 0 Å². The van der Waals surface area contributed by atoms with Gasteiger partial charge in [0.15, 0.2) is 6.20 Å². The lowest BCUT2D eigenvalue weighted by atomic mass is 9.86. The summed E-state index contributed by atoms with van der Waals surface area (Å²) in [5, 5.41) is 2.59. The van der Waals surface area contributed by atoms with Crippen molar-refractivity contribution < 1.29 is 4.57 Å². The van der Waals surface area contributed by atoms with Gasteiger partial charge in [-0.1, -0.05) is 51.1 Å². The van der Waals surface area contributed by atoms with Gasteiger partial charge in [0.25, 0.3) is 0 Å². The highest BCUT2D eigenvalue weighted by Gasteiger charge is 2.17. The fraction of sp³-hybridized carbons (Fsp3) is 0.286. The molecule has 3 rings (SSSR count). The van der Waals surface area contributed by atoms with E-state index in [1.54, 1.807) is 0 Å². The third kappa shape index (κ3) is 2.64. The van der Waals surface area contributed by atoms with E-state index in [-0.39, 0.29) is 5.41 Å². The van der Waals surface area contributed by atoms with Crippen molar-refractivity contribution in [2.45, 2.75) is 33.1 Å². The second-order valence-corrected chi connectivity index (χ2v) is 7.18. The summed E-state index contributed by atoms with van der Waals surface area (Å²) in [6, 6.07) is 17.7. The summed E-state index contributed by atoms with van der Waals surface area (Å²) in [5.74, 6) is 0. The molecule has 0 aliphatic carbocycles. The maximum Gasteiger partial charge on any atom is 0.213 e. The topological polar surface area (TPSA) is 3.88 Å². The van der Waals surface area contributed by atoms with Crippen molar-refractivity contribution in [2.75, 3.05) is 0 Å². The number of pyridine rings is 1. The molecule has 1 aromatic heterocycles. The molecule has 1 nitrogen and oxygen atoms in total. The first-order valence-electron chi connectivity index (χ1n) is 7.86. The summed E-state index contributed by atoms with van der Waals surface area (Å²) in [4.78, 5) is 0. The number of rotatable bonds is 1. The zero-order valence-electron chi connectivity index (χ0n) is 14.1. The van der Waals surface area contributed by atoms with Crippen molar-refractivity contribution in [1.82, 2.24) is 0 Å². The van der Waals surface area contributed by atoms with Crippen LogP contribution in [-0.2, 0) is 12.5 Å². The first kappa shape index (κ1) is 14.8. The molecule has 0 saturated heterocycles. The summed E-state index contributed by atoms with van der Waals surface area (Å²) < 4.78 is 2.22. The summed E-state index contributed by atoms with van der Waals surface area (Å²) in [7, 11) is 2.12. The highest BCUT2D eigenvalue weighted by atomic mass is 14.9. The molecule has 0 aliphatic heterocycles. The van der Waals surface area contributed by atoms with Crippen LogP contribution in [0, 0.1) is 6.92 Å². The van der Waals surface area contributed by atoms with Gasteiger partial charge in [0.05, 0.1) is 0 Å². The lowest BCUT2D eigenvalue weighted by Crippen LogP contribution is -2.30. The minimum Gasteiger partial charge on any atom is -0.200 e. The Balaban J connectivity index is 2.24. The Kier molecular flexibility index (Phi) is 3.52. The second kappa shape index (κ2) is 5.24. The van der Waals surface area contributed by atoms with Crippen molar-refractivity contribution in [3.05, 3.63) is 65.9 Å². The summed E-state index contributed by atoms with van der Waals surface area (Å²) >= 11 is 0. The third-order valence-electron chi connectivity index (χ3n) is 4.38. The lowest BCUT2D eigenvalue weighted by Gasteiger charge is -2.19. The Labute approximate surface area is 133 Å². The third-order valence-corrected chi connectivity index (χ3v) is 4.38. The predicted octanol–water partition coefficient (Wildman–Crippen LogP) is 4.94. The molecule has 1 heterocycles. The largest absolute Gasteiger partial charge is 0.213 e. The smallest absolute Gasteiger partial charge is 0.200 e. The second-order valence-electron chi connectivity index (χ2n) is 7.18. The number of fused-ring (bicyclic) bond motifs is 1. The molecule has 0 amide bonds. The Hall–Kier alpha value is -2.15. The highest BCUT2D eigenvalue weighted by Crippen LogP contribution is 2.28. The molecule has 0 radical (unpaired) electrons. The van der Waals surface area contributed by atoms with Crippen molar-refractivity contribution in [1.29, 1.82) is 0 Å². The van der Waals surface area contributed by atoms with Crippen LogP contribution in [0.2, 0.25) is 0 Å². The lowest BCUT2D eigenvalue weighted by molar-refractivity contribution is -0.659. The highest BCUT2D eigenvalue weighted by molar-refractivity contribution is 5.85. The van der Waals surface area contributed by atoms with E-state index >= 15 is 0 Å². The first-order chi connectivity index (χ1) is 10.4. The van der Waals surface area contributed by atoms with Gasteiger partial charge in [-0.2, -0.15) is 0 Å². The van der Waals surface area contributed by atoms with Gasteiger partial charge in [-0.15, -0.1) is 0 Å². The molecule has 3 aromatic rings. The van der Waals surface area contributed by atoms with E-state index in [9.17, 15) is 0 Å². The van der Waals surface area contributed by atoms with Gasteiger partial charge in [-0.05, 0) is 41.0 Å². The first-order valence-corrected chi connectivity index (χ1v) is 7.86. The maximum atomic E-state index is 2.33. The number of hydrogen-bond acceptors (Lipinski definition) is 0. The number of benzene rings is 2. The molecule has 0 fully saturated rings. The normalized spacial score (nSPS) is 11.9. The molecule has 0 atom stereocenters. The molecule has 0 saturated carbocycles. The number of hydrogen-bond donors (Lipinski definition) is 0. The van der Waals surface area contributed by atoms with Crippen molar-refractivity contribution >= 4 is 10.8 Å². The van der Waals surface area contributed by atoms with Gasteiger partial charge in [0.1, 0.15) is 7.05 Å². The van der Waals surface area contributed by atoms with Crippen LogP contribution in [0.15, 0.2) is 54.7 Å². The summed E-state index contributed by atoms with van der Waals surface area (Å²) in [6.45, 7) is 8.96. The minimum atomic E-state index is 0.176. The minimum absolute atomic E-state index is 0.176. The molecule has 0 N–H and O–H groups in total. The zero-order valence-corrected chi connectivity index (χ0v) is 14.1. The molecule has 0 aliphatic rings. The van der Waals surface area contributed by atoms with Gasteiger partial charge in [-0.25, -0.2) is 4.57 Å². The Bertz CT molecular complexity index is 838. The maximum absolute atomic E-state index is 2.33. The Morgan fingerprint density at radius 2 is 1.59 bits per heavy atom. The number of nitrogens with zero attached hydrogens (tertiary/aromatic N) is 1. The molecule has 1 heteroatoms. The van der Waals surface area contributed by atoms with E-state index in [2.05, 4.69) is 94.0 Å². The van der Waals surface area contributed by atoms with Crippen molar-refractivity contribution in [3.8, 4) is 11.3 Å². The molecule has 0 spiro atoms. The molecular formula is C21H24N+. The zero-order chi connectivity index (χ0) is 15.9. The fourth-order valence-corrected chi connectivity index (χ4v) is 2.94. The average Bonchev–Trinajstić information content (AvgIpc) is 2.46. The predicted molar refractivity (Wildman–Crippen MR) is 94.0 cm³/mol. The molecular weight excluding hydrogens is 266 g/mol. The number of aryl methyl sites for hydroxylation is 2. The van der Waals surface area contributed by atoms with Crippen LogP contribution in [0.25, 0.3) is 22.0 Å². The molecule has 0 bridgehead atoms. The summed E-state index contributed by atoms with van der Waals surface area (Å²) in [6.07, 6.45) is 2.23. The molecule has 2 aromatic carbocycles. The van der Waals surface area contributed by atoms with Crippen LogP contribution < -0.4 is 4.57 Å². The van der Waals surface area contributed by atoms with Crippen LogP contribution >= 0.6 is 0 Å². The molecule has 0 unspecified atom stereocenters. The van der Waals surface area contributed by atoms with Gasteiger partial charge in [-0.3, -0.25) is 0 Å². The number of aromatic nitrogens is 1. The molecule has 112 valence electrons. The van der Waals surface area contributed by atoms with E-state index in [1.807, 2.05) is 0 Å². The fourth-order valence-electron chi connectivity index (χ4n) is 2.94. The van der Waals surface area contributed by atoms with Gasteiger partial charge >= 0.3 is 0 Å². The van der Waals surface area contributed by atoms with Crippen LogP contribution in [0.3, 0.4) is 0 Å². The SMILES string of the molecule is Cc1ccccc1-c1cc2cc(C(C)(C)C)ccc2c[n+]1C. The van der Waals surface area contributed by atoms with E-state index < -0.39 is 0 Å².